The third-order valence-electron chi connectivity index (χ3n) is 6.99. The SMILES string of the molecule is CNC1(C23CC4CC(CC(C4)C2)C3)CCCC1. The van der Waals surface area contributed by atoms with Gasteiger partial charge in [0.15, 0.2) is 0 Å². The van der Waals surface area contributed by atoms with Crippen LogP contribution in [0, 0.1) is 23.2 Å². The molecule has 0 aliphatic heterocycles. The van der Waals surface area contributed by atoms with Gasteiger partial charge in [0.2, 0.25) is 0 Å². The molecule has 0 atom stereocenters. The summed E-state index contributed by atoms with van der Waals surface area (Å²) in [7, 11) is 2.25. The van der Waals surface area contributed by atoms with Crippen LogP contribution < -0.4 is 5.32 Å². The number of hydrogen-bond donors (Lipinski definition) is 1. The van der Waals surface area contributed by atoms with E-state index in [0.29, 0.717) is 11.0 Å². The highest BCUT2D eigenvalue weighted by Crippen LogP contribution is 2.66. The van der Waals surface area contributed by atoms with Crippen LogP contribution in [-0.4, -0.2) is 12.6 Å². The van der Waals surface area contributed by atoms with Gasteiger partial charge in [0.25, 0.3) is 0 Å². The predicted octanol–water partition coefficient (Wildman–Crippen LogP) is 3.74. The molecule has 4 bridgehead atoms. The zero-order valence-electron chi connectivity index (χ0n) is 11.3. The smallest absolute Gasteiger partial charge is 0.0235 e. The Morgan fingerprint density at radius 3 is 1.71 bits per heavy atom. The van der Waals surface area contributed by atoms with Crippen molar-refractivity contribution >= 4 is 0 Å². The lowest BCUT2D eigenvalue weighted by molar-refractivity contribution is -0.105. The van der Waals surface area contributed by atoms with Crippen LogP contribution in [0.1, 0.15) is 64.2 Å². The average Bonchev–Trinajstić information content (AvgIpc) is 2.77. The Balaban J connectivity index is 1.71. The highest BCUT2D eigenvalue weighted by molar-refractivity contribution is 5.14. The average molecular weight is 233 g/mol. The molecule has 0 unspecified atom stereocenters. The summed E-state index contributed by atoms with van der Waals surface area (Å²) in [5, 5.41) is 3.83. The van der Waals surface area contributed by atoms with Crippen molar-refractivity contribution in [3.63, 3.8) is 0 Å². The third kappa shape index (κ3) is 1.35. The fourth-order valence-electron chi connectivity index (χ4n) is 6.72. The predicted molar refractivity (Wildman–Crippen MR) is 70.9 cm³/mol. The minimum absolute atomic E-state index is 0.545. The Kier molecular flexibility index (Phi) is 2.23. The molecule has 0 spiro atoms. The van der Waals surface area contributed by atoms with Crippen LogP contribution in [-0.2, 0) is 0 Å². The Hall–Kier alpha value is -0.0400. The first-order valence-corrected chi connectivity index (χ1v) is 7.94. The highest BCUT2D eigenvalue weighted by Gasteiger charge is 2.60. The van der Waals surface area contributed by atoms with Crippen molar-refractivity contribution in [1.82, 2.24) is 5.32 Å². The maximum atomic E-state index is 3.83. The van der Waals surface area contributed by atoms with Gasteiger partial charge in [0.05, 0.1) is 0 Å². The minimum atomic E-state index is 0.545. The normalized spacial score (nSPS) is 51.0. The van der Waals surface area contributed by atoms with Crippen molar-refractivity contribution in [3.8, 4) is 0 Å². The third-order valence-corrected chi connectivity index (χ3v) is 6.99. The van der Waals surface area contributed by atoms with E-state index in [-0.39, 0.29) is 0 Å². The summed E-state index contributed by atoms with van der Waals surface area (Å²) in [6.45, 7) is 0. The Labute approximate surface area is 106 Å². The van der Waals surface area contributed by atoms with Gasteiger partial charge in [0.1, 0.15) is 0 Å². The second kappa shape index (κ2) is 3.50. The van der Waals surface area contributed by atoms with E-state index in [1.54, 1.807) is 38.5 Å². The van der Waals surface area contributed by atoms with Gasteiger partial charge in [-0.25, -0.2) is 0 Å². The van der Waals surface area contributed by atoms with Crippen LogP contribution in [0.2, 0.25) is 0 Å². The molecule has 0 saturated heterocycles. The summed E-state index contributed by atoms with van der Waals surface area (Å²) >= 11 is 0. The van der Waals surface area contributed by atoms with Gasteiger partial charge in [-0.1, -0.05) is 12.8 Å². The first-order valence-electron chi connectivity index (χ1n) is 7.94. The van der Waals surface area contributed by atoms with Crippen LogP contribution in [0.4, 0.5) is 0 Å². The number of rotatable bonds is 2. The second-order valence-corrected chi connectivity index (χ2v) is 7.74. The molecule has 5 rings (SSSR count). The van der Waals surface area contributed by atoms with Crippen molar-refractivity contribution in [2.75, 3.05) is 7.05 Å². The van der Waals surface area contributed by atoms with Gasteiger partial charge in [0, 0.05) is 5.54 Å². The van der Waals surface area contributed by atoms with E-state index in [1.807, 2.05) is 0 Å². The van der Waals surface area contributed by atoms with E-state index in [0.717, 1.165) is 17.8 Å². The highest BCUT2D eigenvalue weighted by atomic mass is 15.0. The van der Waals surface area contributed by atoms with E-state index >= 15 is 0 Å². The molecule has 0 amide bonds. The summed E-state index contributed by atoms with van der Waals surface area (Å²) in [5.74, 6) is 3.31. The first-order chi connectivity index (χ1) is 8.25. The summed E-state index contributed by atoms with van der Waals surface area (Å²) in [5.41, 5.74) is 1.26. The van der Waals surface area contributed by atoms with Crippen molar-refractivity contribution in [2.24, 2.45) is 23.2 Å². The van der Waals surface area contributed by atoms with Crippen LogP contribution in [0.3, 0.4) is 0 Å². The van der Waals surface area contributed by atoms with E-state index in [1.165, 1.54) is 25.7 Å². The molecule has 17 heavy (non-hydrogen) atoms. The molecule has 0 heterocycles. The summed E-state index contributed by atoms with van der Waals surface area (Å²) < 4.78 is 0. The molecule has 1 nitrogen and oxygen atoms in total. The van der Waals surface area contributed by atoms with Gasteiger partial charge in [-0.05, 0) is 81.6 Å². The van der Waals surface area contributed by atoms with Crippen LogP contribution in [0.5, 0.6) is 0 Å². The first kappa shape index (κ1) is 10.8. The van der Waals surface area contributed by atoms with Crippen molar-refractivity contribution in [2.45, 2.75) is 69.7 Å². The van der Waals surface area contributed by atoms with Gasteiger partial charge in [-0.2, -0.15) is 0 Å². The molecule has 96 valence electrons. The van der Waals surface area contributed by atoms with Crippen molar-refractivity contribution in [1.29, 1.82) is 0 Å². The zero-order valence-corrected chi connectivity index (χ0v) is 11.3. The van der Waals surface area contributed by atoms with Crippen molar-refractivity contribution in [3.05, 3.63) is 0 Å². The Morgan fingerprint density at radius 1 is 0.824 bits per heavy atom. The van der Waals surface area contributed by atoms with Crippen LogP contribution in [0.25, 0.3) is 0 Å². The molecule has 5 aliphatic rings. The van der Waals surface area contributed by atoms with Gasteiger partial charge in [-0.15, -0.1) is 0 Å². The summed E-state index contributed by atoms with van der Waals surface area (Å²) in [4.78, 5) is 0. The molecule has 0 radical (unpaired) electrons. The molecule has 0 aromatic carbocycles. The monoisotopic (exact) mass is 233 g/mol. The number of nitrogens with one attached hydrogen (secondary N) is 1. The molecule has 1 N–H and O–H groups in total. The molecule has 5 saturated carbocycles. The maximum Gasteiger partial charge on any atom is 0.0235 e. The lowest BCUT2D eigenvalue weighted by Crippen LogP contribution is -2.62. The Morgan fingerprint density at radius 2 is 1.29 bits per heavy atom. The van der Waals surface area contributed by atoms with E-state index in [2.05, 4.69) is 12.4 Å². The molecular weight excluding hydrogens is 206 g/mol. The molecule has 1 heteroatoms. The van der Waals surface area contributed by atoms with Crippen molar-refractivity contribution < 1.29 is 0 Å². The van der Waals surface area contributed by atoms with Gasteiger partial charge < -0.3 is 5.32 Å². The van der Waals surface area contributed by atoms with Crippen LogP contribution in [0.15, 0.2) is 0 Å². The summed E-state index contributed by atoms with van der Waals surface area (Å²) in [6, 6.07) is 0. The lowest BCUT2D eigenvalue weighted by Gasteiger charge is -2.63. The molecule has 0 aromatic rings. The lowest BCUT2D eigenvalue weighted by atomic mass is 9.44. The Bertz CT molecular complexity index is 278. The molecule has 5 aliphatic carbocycles. The minimum Gasteiger partial charge on any atom is -0.314 e. The van der Waals surface area contributed by atoms with E-state index in [9.17, 15) is 0 Å². The fraction of sp³-hybridized carbons (Fsp3) is 1.00. The maximum absolute atomic E-state index is 3.83. The van der Waals surface area contributed by atoms with Gasteiger partial charge in [-0.3, -0.25) is 0 Å². The molecule has 5 fully saturated rings. The fourth-order valence-corrected chi connectivity index (χ4v) is 6.72. The standard InChI is InChI=1S/C16H27N/c1-17-16(4-2-3-5-16)15-9-12-6-13(10-15)8-14(7-12)11-15/h12-14,17H,2-11H2,1H3. The van der Waals surface area contributed by atoms with E-state index in [4.69, 9.17) is 0 Å². The second-order valence-electron chi connectivity index (χ2n) is 7.74. The van der Waals surface area contributed by atoms with E-state index < -0.39 is 0 Å². The zero-order chi connectivity index (χ0) is 11.5. The topological polar surface area (TPSA) is 12.0 Å². The summed E-state index contributed by atoms with van der Waals surface area (Å²) in [6.07, 6.45) is 15.3. The van der Waals surface area contributed by atoms with Gasteiger partial charge >= 0.3 is 0 Å². The largest absolute Gasteiger partial charge is 0.314 e. The molecular formula is C16H27N. The quantitative estimate of drug-likeness (QED) is 0.766. The molecule has 0 aromatic heterocycles. The number of hydrogen-bond acceptors (Lipinski definition) is 1. The van der Waals surface area contributed by atoms with Crippen LogP contribution >= 0.6 is 0 Å².